The fraction of sp³-hybridized carbons (Fsp3) is 0. The van der Waals surface area contributed by atoms with E-state index in [0.29, 0.717) is 5.13 Å². The number of carbonyl (C=O) groups is 1. The van der Waals surface area contributed by atoms with Crippen molar-refractivity contribution in [2.24, 2.45) is 0 Å². The van der Waals surface area contributed by atoms with E-state index >= 15 is 0 Å². The second-order valence-corrected chi connectivity index (χ2v) is 10.7. The molecular weight excluding hydrogens is 509 g/mol. The van der Waals surface area contributed by atoms with Gasteiger partial charge in [-0.1, -0.05) is 84.1 Å². The molecule has 6 nitrogen and oxygen atoms in total. The Bertz CT molecular complexity index is 1600. The van der Waals surface area contributed by atoms with Gasteiger partial charge < -0.3 is 0 Å². The van der Waals surface area contributed by atoms with Gasteiger partial charge in [0.15, 0.2) is 5.13 Å². The monoisotopic (exact) mass is 529 g/mol. The number of para-hydroxylation sites is 1. The summed E-state index contributed by atoms with van der Waals surface area (Å²) in [6.45, 7) is 0. The molecular formula is C28H20FN3O3S2. The average Bonchev–Trinajstić information content (AvgIpc) is 3.34. The van der Waals surface area contributed by atoms with Crippen molar-refractivity contribution in [1.29, 1.82) is 0 Å². The minimum atomic E-state index is -4.04. The van der Waals surface area contributed by atoms with Crippen LogP contribution in [-0.2, 0) is 10.0 Å². The largest absolute Gasteiger partial charge is 0.298 e. The molecule has 5 aromatic rings. The van der Waals surface area contributed by atoms with Gasteiger partial charge in [0.25, 0.3) is 15.9 Å². The van der Waals surface area contributed by atoms with E-state index in [1.54, 1.807) is 12.1 Å². The standard InChI is InChI=1S/C28H20FN3O3S2/c29-21-15-17-22(18-16-21)37(34,35)32-24-14-8-7-13-23(24)27(33)31-28-30-25(19-9-3-1-4-10-19)26(36-28)20-11-5-2-6-12-20/h1-18,32H,(H,30,31,33). The minimum Gasteiger partial charge on any atom is -0.298 e. The molecule has 0 saturated heterocycles. The molecule has 5 rings (SSSR count). The zero-order chi connectivity index (χ0) is 25.8. The number of amides is 1. The van der Waals surface area contributed by atoms with Crippen LogP contribution >= 0.6 is 11.3 Å². The summed E-state index contributed by atoms with van der Waals surface area (Å²) in [6, 6.07) is 30.1. The molecule has 184 valence electrons. The molecule has 0 aliphatic heterocycles. The highest BCUT2D eigenvalue weighted by atomic mass is 32.2. The fourth-order valence-corrected chi connectivity index (χ4v) is 5.77. The van der Waals surface area contributed by atoms with Gasteiger partial charge in [0, 0.05) is 5.56 Å². The van der Waals surface area contributed by atoms with Crippen molar-refractivity contribution in [2.45, 2.75) is 4.90 Å². The van der Waals surface area contributed by atoms with E-state index in [-0.39, 0.29) is 16.1 Å². The Labute approximate surface area is 217 Å². The lowest BCUT2D eigenvalue weighted by molar-refractivity contribution is 0.102. The van der Waals surface area contributed by atoms with Crippen molar-refractivity contribution in [3.05, 3.63) is 121 Å². The van der Waals surface area contributed by atoms with Crippen LogP contribution in [0.3, 0.4) is 0 Å². The number of aromatic nitrogens is 1. The van der Waals surface area contributed by atoms with Crippen LogP contribution in [0.15, 0.2) is 114 Å². The maximum atomic E-state index is 13.3. The van der Waals surface area contributed by atoms with Crippen LogP contribution in [0.25, 0.3) is 21.7 Å². The topological polar surface area (TPSA) is 88.2 Å². The lowest BCUT2D eigenvalue weighted by Gasteiger charge is -2.12. The normalized spacial score (nSPS) is 11.2. The molecule has 37 heavy (non-hydrogen) atoms. The number of benzene rings is 4. The lowest BCUT2D eigenvalue weighted by atomic mass is 10.1. The van der Waals surface area contributed by atoms with E-state index in [4.69, 9.17) is 4.98 Å². The molecule has 0 aliphatic rings. The van der Waals surface area contributed by atoms with Gasteiger partial charge in [-0.15, -0.1) is 0 Å². The molecule has 0 atom stereocenters. The summed E-state index contributed by atoms with van der Waals surface area (Å²) in [5.74, 6) is -1.07. The van der Waals surface area contributed by atoms with Crippen molar-refractivity contribution in [3.63, 3.8) is 0 Å². The molecule has 0 unspecified atom stereocenters. The molecule has 9 heteroatoms. The van der Waals surface area contributed by atoms with Gasteiger partial charge in [0.05, 0.1) is 26.7 Å². The first-order valence-electron chi connectivity index (χ1n) is 11.2. The number of sulfonamides is 1. The quantitative estimate of drug-likeness (QED) is 0.247. The predicted octanol–water partition coefficient (Wildman–Crippen LogP) is 6.67. The summed E-state index contributed by atoms with van der Waals surface area (Å²) >= 11 is 1.33. The summed E-state index contributed by atoms with van der Waals surface area (Å²) in [5.41, 5.74) is 2.81. The van der Waals surface area contributed by atoms with Crippen LogP contribution in [0, 0.1) is 5.82 Å². The molecule has 0 fully saturated rings. The summed E-state index contributed by atoms with van der Waals surface area (Å²) < 4.78 is 41.3. The van der Waals surface area contributed by atoms with E-state index in [0.717, 1.165) is 46.0 Å². The van der Waals surface area contributed by atoms with Crippen LogP contribution in [0.4, 0.5) is 15.2 Å². The van der Waals surface area contributed by atoms with Gasteiger partial charge >= 0.3 is 0 Å². The molecule has 1 amide bonds. The number of hydrogen-bond acceptors (Lipinski definition) is 5. The number of thiazole rings is 1. The van der Waals surface area contributed by atoms with Crippen molar-refractivity contribution >= 4 is 38.1 Å². The van der Waals surface area contributed by atoms with E-state index < -0.39 is 21.7 Å². The number of nitrogens with zero attached hydrogens (tertiary/aromatic N) is 1. The summed E-state index contributed by atoms with van der Waals surface area (Å²) in [5, 5.41) is 3.19. The van der Waals surface area contributed by atoms with E-state index in [1.807, 2.05) is 60.7 Å². The summed E-state index contributed by atoms with van der Waals surface area (Å²) in [4.78, 5) is 18.7. The zero-order valence-electron chi connectivity index (χ0n) is 19.3. The number of hydrogen-bond donors (Lipinski definition) is 2. The SMILES string of the molecule is O=C(Nc1nc(-c2ccccc2)c(-c2ccccc2)s1)c1ccccc1NS(=O)(=O)c1ccc(F)cc1. The van der Waals surface area contributed by atoms with Crippen molar-refractivity contribution in [2.75, 3.05) is 10.0 Å². The van der Waals surface area contributed by atoms with Crippen LogP contribution in [0.1, 0.15) is 10.4 Å². The minimum absolute atomic E-state index is 0.0902. The Kier molecular flexibility index (Phi) is 6.80. The predicted molar refractivity (Wildman–Crippen MR) is 145 cm³/mol. The third kappa shape index (κ3) is 5.42. The smallest absolute Gasteiger partial charge is 0.261 e. The van der Waals surface area contributed by atoms with E-state index in [9.17, 15) is 17.6 Å². The molecule has 0 bridgehead atoms. The number of rotatable bonds is 7. The highest BCUT2D eigenvalue weighted by molar-refractivity contribution is 7.92. The molecule has 0 saturated carbocycles. The number of nitrogens with one attached hydrogen (secondary N) is 2. The maximum absolute atomic E-state index is 13.3. The molecule has 1 heterocycles. The molecule has 4 aromatic carbocycles. The number of carbonyl (C=O) groups excluding carboxylic acids is 1. The van der Waals surface area contributed by atoms with Crippen LogP contribution in [0.2, 0.25) is 0 Å². The van der Waals surface area contributed by atoms with Crippen molar-refractivity contribution in [1.82, 2.24) is 4.98 Å². The van der Waals surface area contributed by atoms with Crippen LogP contribution in [-0.4, -0.2) is 19.3 Å². The van der Waals surface area contributed by atoms with Crippen LogP contribution < -0.4 is 10.0 Å². The Morgan fingerprint density at radius 2 is 1.35 bits per heavy atom. The zero-order valence-corrected chi connectivity index (χ0v) is 20.9. The molecule has 0 radical (unpaired) electrons. The summed E-state index contributed by atoms with van der Waals surface area (Å²) in [7, 11) is -4.04. The van der Waals surface area contributed by atoms with Gasteiger partial charge in [0.1, 0.15) is 5.82 Å². The molecule has 2 N–H and O–H groups in total. The fourth-order valence-electron chi connectivity index (χ4n) is 3.70. The molecule has 0 spiro atoms. The first-order chi connectivity index (χ1) is 17.9. The number of halogens is 1. The highest BCUT2D eigenvalue weighted by Gasteiger charge is 2.21. The maximum Gasteiger partial charge on any atom is 0.261 e. The van der Waals surface area contributed by atoms with Gasteiger partial charge in [-0.2, -0.15) is 0 Å². The van der Waals surface area contributed by atoms with Crippen molar-refractivity contribution < 1.29 is 17.6 Å². The second kappa shape index (κ2) is 10.3. The van der Waals surface area contributed by atoms with Crippen LogP contribution in [0.5, 0.6) is 0 Å². The van der Waals surface area contributed by atoms with Gasteiger partial charge in [0.2, 0.25) is 0 Å². The van der Waals surface area contributed by atoms with Gasteiger partial charge in [-0.05, 0) is 42.0 Å². The molecule has 1 aromatic heterocycles. The first kappa shape index (κ1) is 24.4. The first-order valence-corrected chi connectivity index (χ1v) is 13.5. The Balaban J connectivity index is 1.46. The highest BCUT2D eigenvalue weighted by Crippen LogP contribution is 2.39. The Morgan fingerprint density at radius 1 is 0.757 bits per heavy atom. The van der Waals surface area contributed by atoms with Crippen molar-refractivity contribution in [3.8, 4) is 21.7 Å². The summed E-state index contributed by atoms with van der Waals surface area (Å²) in [6.07, 6.45) is 0. The molecule has 0 aliphatic carbocycles. The average molecular weight is 530 g/mol. The second-order valence-electron chi connectivity index (χ2n) is 7.99. The van der Waals surface area contributed by atoms with E-state index in [2.05, 4.69) is 10.0 Å². The lowest BCUT2D eigenvalue weighted by Crippen LogP contribution is -2.18. The third-order valence-electron chi connectivity index (χ3n) is 5.47. The number of anilines is 2. The van der Waals surface area contributed by atoms with Gasteiger partial charge in [-0.25, -0.2) is 17.8 Å². The Hall–Kier alpha value is -4.34. The Morgan fingerprint density at radius 3 is 2.03 bits per heavy atom. The third-order valence-corrected chi connectivity index (χ3v) is 7.87. The van der Waals surface area contributed by atoms with E-state index in [1.165, 1.54) is 23.5 Å². The van der Waals surface area contributed by atoms with Gasteiger partial charge in [-0.3, -0.25) is 14.8 Å².